The van der Waals surface area contributed by atoms with Crippen molar-refractivity contribution in [2.24, 2.45) is 0 Å². The highest BCUT2D eigenvalue weighted by molar-refractivity contribution is 7.90. The van der Waals surface area contributed by atoms with Crippen LogP contribution in [0.4, 0.5) is 5.69 Å². The Bertz CT molecular complexity index is 1260. The number of amides is 2. The zero-order valence-corrected chi connectivity index (χ0v) is 24.8. The van der Waals surface area contributed by atoms with Crippen LogP contribution in [0.2, 0.25) is 0 Å². The molecule has 1 aliphatic carbocycles. The lowest BCUT2D eigenvalue weighted by Crippen LogP contribution is -2.54. The molecule has 0 bridgehead atoms. The van der Waals surface area contributed by atoms with Crippen molar-refractivity contribution in [1.82, 2.24) is 14.5 Å². The molecule has 1 fully saturated rings. The zero-order chi connectivity index (χ0) is 28.7. The summed E-state index contributed by atoms with van der Waals surface area (Å²) in [5.41, 5.74) is 2.81. The summed E-state index contributed by atoms with van der Waals surface area (Å²) >= 11 is 0. The third kappa shape index (κ3) is 7.51. The number of hydrogen-bond donors (Lipinski definition) is 1. The zero-order valence-electron chi connectivity index (χ0n) is 23.9. The highest BCUT2D eigenvalue weighted by Crippen LogP contribution is 2.27. The molecule has 2 aromatic rings. The molecule has 0 saturated heterocycles. The van der Waals surface area contributed by atoms with E-state index in [0.29, 0.717) is 17.9 Å². The molecule has 1 atom stereocenters. The SMILES string of the molecule is CC[C@H](C(=O)NC1CCCC1)N(Cc1cccc(OC)c1)C(=O)CN(c1cc(C)ccc1C)S(=O)(=O)N(C)C. The van der Waals surface area contributed by atoms with Gasteiger partial charge < -0.3 is 15.0 Å². The highest BCUT2D eigenvalue weighted by Gasteiger charge is 2.35. The van der Waals surface area contributed by atoms with Crippen LogP contribution in [0.15, 0.2) is 42.5 Å². The Kier molecular flexibility index (Phi) is 10.4. The van der Waals surface area contributed by atoms with Gasteiger partial charge in [-0.05, 0) is 68.0 Å². The Hall–Kier alpha value is -3.11. The van der Waals surface area contributed by atoms with E-state index in [4.69, 9.17) is 4.74 Å². The molecule has 0 spiro atoms. The molecule has 3 rings (SSSR count). The van der Waals surface area contributed by atoms with Gasteiger partial charge in [0.05, 0.1) is 12.8 Å². The number of methoxy groups -OCH3 is 1. The fourth-order valence-electron chi connectivity index (χ4n) is 4.94. The summed E-state index contributed by atoms with van der Waals surface area (Å²) in [6.45, 7) is 5.25. The molecule has 39 heavy (non-hydrogen) atoms. The number of rotatable bonds is 12. The fourth-order valence-corrected chi connectivity index (χ4v) is 6.06. The van der Waals surface area contributed by atoms with Gasteiger partial charge >= 0.3 is 10.2 Å². The second-order valence-electron chi connectivity index (χ2n) is 10.4. The van der Waals surface area contributed by atoms with Gasteiger partial charge in [-0.15, -0.1) is 0 Å². The third-order valence-corrected chi connectivity index (χ3v) is 9.03. The maximum Gasteiger partial charge on any atom is 0.304 e. The molecule has 0 unspecified atom stereocenters. The molecule has 9 nitrogen and oxygen atoms in total. The predicted molar refractivity (Wildman–Crippen MR) is 154 cm³/mol. The summed E-state index contributed by atoms with van der Waals surface area (Å²) in [6, 6.07) is 12.2. The van der Waals surface area contributed by atoms with E-state index < -0.39 is 28.7 Å². The van der Waals surface area contributed by atoms with Crippen LogP contribution in [0.25, 0.3) is 0 Å². The molecule has 0 radical (unpaired) electrons. The van der Waals surface area contributed by atoms with Crippen molar-refractivity contribution in [3.8, 4) is 5.75 Å². The van der Waals surface area contributed by atoms with Crippen molar-refractivity contribution in [3.63, 3.8) is 0 Å². The largest absolute Gasteiger partial charge is 0.497 e. The van der Waals surface area contributed by atoms with E-state index in [1.807, 2.05) is 57.2 Å². The van der Waals surface area contributed by atoms with Crippen molar-refractivity contribution >= 4 is 27.7 Å². The number of ether oxygens (including phenoxy) is 1. The summed E-state index contributed by atoms with van der Waals surface area (Å²) in [5.74, 6) is -0.0393. The number of aryl methyl sites for hydroxylation is 2. The molecular weight excluding hydrogens is 516 g/mol. The minimum absolute atomic E-state index is 0.0980. The summed E-state index contributed by atoms with van der Waals surface area (Å²) < 4.78 is 34.6. The topological polar surface area (TPSA) is 99.3 Å². The van der Waals surface area contributed by atoms with Gasteiger partial charge in [0.2, 0.25) is 11.8 Å². The summed E-state index contributed by atoms with van der Waals surface area (Å²) in [5, 5.41) is 3.13. The molecule has 1 saturated carbocycles. The maximum absolute atomic E-state index is 14.1. The van der Waals surface area contributed by atoms with Gasteiger partial charge in [-0.3, -0.25) is 9.59 Å². The molecule has 1 N–H and O–H groups in total. The first-order valence-corrected chi connectivity index (χ1v) is 14.9. The molecule has 0 aromatic heterocycles. The molecule has 0 heterocycles. The molecule has 2 aromatic carbocycles. The summed E-state index contributed by atoms with van der Waals surface area (Å²) in [4.78, 5) is 29.1. The van der Waals surface area contributed by atoms with Gasteiger partial charge in [0, 0.05) is 26.7 Å². The number of nitrogens with one attached hydrogen (secondary N) is 1. The van der Waals surface area contributed by atoms with Crippen LogP contribution in [0.1, 0.15) is 55.7 Å². The van der Waals surface area contributed by atoms with Gasteiger partial charge in [-0.1, -0.05) is 44.0 Å². The second-order valence-corrected chi connectivity index (χ2v) is 12.4. The van der Waals surface area contributed by atoms with Crippen molar-refractivity contribution < 1.29 is 22.7 Å². The molecule has 2 amide bonds. The van der Waals surface area contributed by atoms with Crippen LogP contribution in [-0.4, -0.2) is 69.3 Å². The van der Waals surface area contributed by atoms with E-state index in [-0.39, 0.29) is 18.5 Å². The Morgan fingerprint density at radius 3 is 2.38 bits per heavy atom. The number of carbonyl (C=O) groups is 2. The van der Waals surface area contributed by atoms with Crippen molar-refractivity contribution in [2.75, 3.05) is 32.1 Å². The summed E-state index contributed by atoms with van der Waals surface area (Å²) in [7, 11) is 0.434. The van der Waals surface area contributed by atoms with Crippen molar-refractivity contribution in [3.05, 3.63) is 59.2 Å². The predicted octanol–water partition coefficient (Wildman–Crippen LogP) is 3.79. The Balaban J connectivity index is 2.01. The van der Waals surface area contributed by atoms with Gasteiger partial charge in [-0.25, -0.2) is 4.31 Å². The second kappa shape index (κ2) is 13.3. The number of carbonyl (C=O) groups excluding carboxylic acids is 2. The standard InChI is InChI=1S/C29H42N4O5S/c1-7-26(29(35)30-24-12-8-9-13-24)32(19-23-11-10-14-25(18-23)38-6)28(34)20-33(39(36,37)31(4)5)27-17-21(2)15-16-22(27)3/h10-11,14-18,24,26H,7-9,12-13,19-20H2,1-6H3,(H,30,35)/t26-/m1/s1. The normalized spacial score (nSPS) is 14.7. The van der Waals surface area contributed by atoms with Crippen LogP contribution in [-0.2, 0) is 26.3 Å². The Morgan fingerprint density at radius 1 is 1.08 bits per heavy atom. The minimum Gasteiger partial charge on any atom is -0.497 e. The monoisotopic (exact) mass is 558 g/mol. The lowest BCUT2D eigenvalue weighted by Gasteiger charge is -2.34. The van der Waals surface area contributed by atoms with Crippen LogP contribution < -0.4 is 14.4 Å². The third-order valence-electron chi connectivity index (χ3n) is 7.23. The number of nitrogens with zero attached hydrogens (tertiary/aromatic N) is 3. The average molecular weight is 559 g/mol. The average Bonchev–Trinajstić information content (AvgIpc) is 3.41. The van der Waals surface area contributed by atoms with E-state index in [1.165, 1.54) is 19.0 Å². The first-order valence-electron chi connectivity index (χ1n) is 13.5. The van der Waals surface area contributed by atoms with Crippen LogP contribution in [0.5, 0.6) is 5.75 Å². The molecule has 1 aliphatic rings. The van der Waals surface area contributed by atoms with Crippen LogP contribution >= 0.6 is 0 Å². The van der Waals surface area contributed by atoms with Gasteiger partial charge in [0.15, 0.2) is 0 Å². The maximum atomic E-state index is 14.1. The highest BCUT2D eigenvalue weighted by atomic mass is 32.2. The first-order chi connectivity index (χ1) is 18.5. The van der Waals surface area contributed by atoms with E-state index in [2.05, 4.69) is 5.32 Å². The lowest BCUT2D eigenvalue weighted by molar-refractivity contribution is -0.140. The molecule has 10 heteroatoms. The van der Waals surface area contributed by atoms with Gasteiger partial charge in [0.25, 0.3) is 0 Å². The van der Waals surface area contributed by atoms with Crippen molar-refractivity contribution in [1.29, 1.82) is 0 Å². The van der Waals surface area contributed by atoms with E-state index in [1.54, 1.807) is 13.2 Å². The van der Waals surface area contributed by atoms with E-state index in [9.17, 15) is 18.0 Å². The first kappa shape index (κ1) is 30.4. The van der Waals surface area contributed by atoms with Crippen LogP contribution in [0, 0.1) is 13.8 Å². The van der Waals surface area contributed by atoms with Gasteiger partial charge in [-0.2, -0.15) is 12.7 Å². The van der Waals surface area contributed by atoms with Gasteiger partial charge in [0.1, 0.15) is 18.3 Å². The van der Waals surface area contributed by atoms with Crippen LogP contribution in [0.3, 0.4) is 0 Å². The fraction of sp³-hybridized carbons (Fsp3) is 0.517. The smallest absolute Gasteiger partial charge is 0.304 e. The molecule has 0 aliphatic heterocycles. The van der Waals surface area contributed by atoms with E-state index in [0.717, 1.165) is 51.0 Å². The Labute approximate surface area is 233 Å². The number of anilines is 1. The number of benzene rings is 2. The van der Waals surface area contributed by atoms with Crippen molar-refractivity contribution in [2.45, 2.75) is 71.5 Å². The number of hydrogen-bond acceptors (Lipinski definition) is 5. The molecular formula is C29H42N4O5S. The summed E-state index contributed by atoms with van der Waals surface area (Å²) in [6.07, 6.45) is 4.38. The quantitative estimate of drug-likeness (QED) is 0.427. The van der Waals surface area contributed by atoms with E-state index >= 15 is 0 Å². The lowest BCUT2D eigenvalue weighted by atomic mass is 10.1. The minimum atomic E-state index is -4.02. The molecule has 214 valence electrons. The Morgan fingerprint density at radius 2 is 1.77 bits per heavy atom.